The summed E-state index contributed by atoms with van der Waals surface area (Å²) in [6, 6.07) is 9.66. The van der Waals surface area contributed by atoms with Crippen molar-refractivity contribution >= 4 is 28.7 Å². The second-order valence-electron chi connectivity index (χ2n) is 7.91. The number of carboxylic acids is 1. The van der Waals surface area contributed by atoms with Crippen LogP contribution in [0.4, 0.5) is 10.6 Å². The molecule has 9 nitrogen and oxygen atoms in total. The Kier molecular flexibility index (Phi) is 9.30. The fourth-order valence-corrected chi connectivity index (χ4v) is 3.84. The second kappa shape index (κ2) is 12.0. The molecule has 2 amide bonds. The normalized spacial score (nSPS) is 16.6. The van der Waals surface area contributed by atoms with E-state index in [0.29, 0.717) is 6.61 Å². The van der Waals surface area contributed by atoms with E-state index in [1.165, 1.54) is 0 Å². The largest absolute Gasteiger partial charge is 1.00 e. The summed E-state index contributed by atoms with van der Waals surface area (Å²) in [6.07, 6.45) is 3.74. The molecule has 10 heteroatoms. The number of carbonyl (C=O) groups excluding carboxylic acids is 2. The number of amides is 2. The molecule has 3 heterocycles. The quantitative estimate of drug-likeness (QED) is 0.338. The number of urea groups is 1. The van der Waals surface area contributed by atoms with Gasteiger partial charge in [0.15, 0.2) is 0 Å². The first-order valence-electron chi connectivity index (χ1n) is 10.6. The molecule has 3 N–H and O–H groups in total. The van der Waals surface area contributed by atoms with Crippen molar-refractivity contribution < 1.29 is 70.8 Å². The molecule has 0 spiro atoms. The molecule has 1 saturated heterocycles. The molecule has 0 aliphatic carbocycles. The Morgan fingerprint density at radius 2 is 2.12 bits per heavy atom. The van der Waals surface area contributed by atoms with Gasteiger partial charge in [0.1, 0.15) is 5.82 Å². The Morgan fingerprint density at radius 1 is 1.30 bits per heavy atom. The summed E-state index contributed by atoms with van der Waals surface area (Å²) in [5.41, 5.74) is 2.52. The number of hydrogen-bond acceptors (Lipinski definition) is 6. The molecule has 168 valence electrons. The van der Waals surface area contributed by atoms with Gasteiger partial charge in [-0.25, -0.2) is 9.78 Å². The number of fused-ring (bicyclic) bond motifs is 1. The van der Waals surface area contributed by atoms with Crippen molar-refractivity contribution in [2.75, 3.05) is 24.6 Å². The van der Waals surface area contributed by atoms with Crippen LogP contribution in [0.2, 0.25) is 0 Å². The fraction of sp³-hybridized carbons (Fsp3) is 0.348. The van der Waals surface area contributed by atoms with Crippen LogP contribution in [0.15, 0.2) is 48.8 Å². The van der Waals surface area contributed by atoms with Crippen LogP contribution in [0.3, 0.4) is 0 Å². The first-order chi connectivity index (χ1) is 15.5. The number of pyridine rings is 1. The van der Waals surface area contributed by atoms with E-state index in [2.05, 4.69) is 25.5 Å². The van der Waals surface area contributed by atoms with Crippen LogP contribution in [-0.2, 0) is 22.5 Å². The molecule has 1 aliphatic heterocycles. The molecule has 33 heavy (non-hydrogen) atoms. The average molecular weight is 476 g/mol. The zero-order valence-electron chi connectivity index (χ0n) is 18.8. The topological polar surface area (TPSA) is 122 Å². The van der Waals surface area contributed by atoms with Gasteiger partial charge in [0, 0.05) is 49.4 Å². The number of morpholine rings is 1. The van der Waals surface area contributed by atoms with Crippen molar-refractivity contribution in [2.24, 2.45) is 0 Å². The predicted molar refractivity (Wildman–Crippen MR) is 118 cm³/mol. The number of nitrogens with zero attached hydrogens (tertiary/aromatic N) is 2. The number of carboxylic acid groups (broad SMARTS) is 1. The van der Waals surface area contributed by atoms with Crippen molar-refractivity contribution in [1.82, 2.24) is 20.6 Å². The molecule has 0 radical (unpaired) electrons. The summed E-state index contributed by atoms with van der Waals surface area (Å²) in [7, 11) is 0. The van der Waals surface area contributed by atoms with E-state index in [1.54, 1.807) is 12.4 Å². The minimum atomic E-state index is -1.34. The third-order valence-corrected chi connectivity index (χ3v) is 5.52. The summed E-state index contributed by atoms with van der Waals surface area (Å²) < 4.78 is 5.55. The standard InChI is InChI=1S/C23H27N5O4.K/c1-15-14-28(8-9-32-15)21-7-6-16(11-25-21)12-26-23(31)27-20(22(29)30)10-17-13-24-19-5-3-2-4-18(17)19;/h2-7,11,13,15,20,24H,8-10,12,14H2,1H3,(H,29,30)(H2,26,27,31);/q;+1/p-1/t15?,20-;/m0./s1. The number of anilines is 1. The number of aromatic amines is 1. The van der Waals surface area contributed by atoms with Gasteiger partial charge in [-0.1, -0.05) is 24.3 Å². The minimum absolute atomic E-state index is 0. The van der Waals surface area contributed by atoms with E-state index in [-0.39, 0.29) is 70.5 Å². The van der Waals surface area contributed by atoms with Crippen molar-refractivity contribution in [1.29, 1.82) is 0 Å². The molecule has 0 saturated carbocycles. The molecule has 4 rings (SSSR count). The SMILES string of the molecule is CC1CN(c2ccc(CNC(=O)N[C@@H](Cc3c[nH]c4ccccc34)C(=O)[O-])cn2)CCO1.[K+]. The van der Waals surface area contributed by atoms with Crippen molar-refractivity contribution in [2.45, 2.75) is 32.0 Å². The summed E-state index contributed by atoms with van der Waals surface area (Å²) in [5, 5.41) is 17.7. The zero-order valence-corrected chi connectivity index (χ0v) is 22.0. The Bertz CT molecular complexity index is 1090. The third kappa shape index (κ3) is 6.78. The van der Waals surface area contributed by atoms with Crippen LogP contribution in [0.5, 0.6) is 0 Å². The van der Waals surface area contributed by atoms with Gasteiger partial charge in [-0.2, -0.15) is 0 Å². The summed E-state index contributed by atoms with van der Waals surface area (Å²) in [6.45, 7) is 4.50. The first-order valence-corrected chi connectivity index (χ1v) is 10.6. The third-order valence-electron chi connectivity index (χ3n) is 5.52. The molecule has 0 bridgehead atoms. The minimum Gasteiger partial charge on any atom is -0.548 e. The summed E-state index contributed by atoms with van der Waals surface area (Å²) >= 11 is 0. The summed E-state index contributed by atoms with van der Waals surface area (Å²) in [5.74, 6) is -0.472. The Morgan fingerprint density at radius 3 is 2.85 bits per heavy atom. The fourth-order valence-electron chi connectivity index (χ4n) is 3.84. The van der Waals surface area contributed by atoms with E-state index < -0.39 is 18.0 Å². The van der Waals surface area contributed by atoms with Gasteiger partial charge >= 0.3 is 57.4 Å². The van der Waals surface area contributed by atoms with Gasteiger partial charge in [0.05, 0.1) is 24.7 Å². The number of para-hydroxylation sites is 1. The zero-order chi connectivity index (χ0) is 22.5. The van der Waals surface area contributed by atoms with Gasteiger partial charge in [-0.3, -0.25) is 0 Å². The van der Waals surface area contributed by atoms with Crippen LogP contribution in [0, 0.1) is 0 Å². The number of aliphatic carboxylic acids is 1. The van der Waals surface area contributed by atoms with Gasteiger partial charge in [0.25, 0.3) is 0 Å². The smallest absolute Gasteiger partial charge is 0.548 e. The van der Waals surface area contributed by atoms with Crippen LogP contribution in [0.25, 0.3) is 10.9 Å². The van der Waals surface area contributed by atoms with Gasteiger partial charge < -0.3 is 35.2 Å². The van der Waals surface area contributed by atoms with E-state index in [0.717, 1.165) is 40.9 Å². The van der Waals surface area contributed by atoms with E-state index in [4.69, 9.17) is 4.74 Å². The maximum atomic E-state index is 12.3. The number of hydrogen-bond donors (Lipinski definition) is 3. The second-order valence-corrected chi connectivity index (χ2v) is 7.91. The predicted octanol–water partition coefficient (Wildman–Crippen LogP) is -2.05. The maximum absolute atomic E-state index is 12.3. The van der Waals surface area contributed by atoms with Crippen LogP contribution >= 0.6 is 0 Å². The molecule has 2 atom stereocenters. The summed E-state index contributed by atoms with van der Waals surface area (Å²) in [4.78, 5) is 33.6. The number of H-pyrrole nitrogens is 1. The van der Waals surface area contributed by atoms with Crippen molar-refractivity contribution in [3.8, 4) is 0 Å². The molecular formula is C23H26KN5O4. The Hall–Kier alpha value is -1.95. The number of rotatable bonds is 7. The van der Waals surface area contributed by atoms with E-state index >= 15 is 0 Å². The molecular weight excluding hydrogens is 449 g/mol. The van der Waals surface area contributed by atoms with E-state index in [1.807, 2.05) is 43.3 Å². The molecule has 1 fully saturated rings. The van der Waals surface area contributed by atoms with Crippen molar-refractivity contribution in [3.05, 3.63) is 59.9 Å². The van der Waals surface area contributed by atoms with Gasteiger partial charge in [-0.15, -0.1) is 0 Å². The molecule has 1 aliphatic rings. The maximum Gasteiger partial charge on any atom is 1.00 e. The first kappa shape index (κ1) is 25.7. The molecule has 1 aromatic carbocycles. The number of carbonyl (C=O) groups is 2. The Labute approximate surface area is 234 Å². The number of aromatic nitrogens is 2. The van der Waals surface area contributed by atoms with Crippen LogP contribution in [0.1, 0.15) is 18.1 Å². The van der Waals surface area contributed by atoms with Crippen molar-refractivity contribution in [3.63, 3.8) is 0 Å². The van der Waals surface area contributed by atoms with Crippen LogP contribution in [-0.4, -0.2) is 53.8 Å². The number of benzene rings is 1. The molecule has 2 aromatic heterocycles. The number of nitrogens with one attached hydrogen (secondary N) is 3. The van der Waals surface area contributed by atoms with Gasteiger partial charge in [-0.05, 0) is 30.2 Å². The van der Waals surface area contributed by atoms with E-state index in [9.17, 15) is 14.7 Å². The monoisotopic (exact) mass is 475 g/mol. The van der Waals surface area contributed by atoms with Crippen LogP contribution < -0.4 is 72.0 Å². The molecule has 1 unspecified atom stereocenters. The molecule has 3 aromatic rings. The Balaban J connectivity index is 0.00000306. The van der Waals surface area contributed by atoms with Gasteiger partial charge in [0.2, 0.25) is 0 Å². The average Bonchev–Trinajstić information content (AvgIpc) is 3.20. The number of ether oxygens (including phenoxy) is 1.